The van der Waals surface area contributed by atoms with Crippen LogP contribution in [0.25, 0.3) is 67.5 Å². The first-order valence-electron chi connectivity index (χ1n) is 18.6. The van der Waals surface area contributed by atoms with Crippen molar-refractivity contribution in [2.24, 2.45) is 0 Å². The fourth-order valence-corrected chi connectivity index (χ4v) is 8.41. The van der Waals surface area contributed by atoms with Crippen molar-refractivity contribution in [2.45, 2.75) is 5.41 Å². The number of nitrogens with zero attached hydrogens (tertiary/aromatic N) is 4. The molecule has 0 amide bonds. The second-order valence-corrected chi connectivity index (χ2v) is 13.8. The molecule has 0 atom stereocenters. The first-order chi connectivity index (χ1) is 27.3. The lowest BCUT2D eigenvalue weighted by atomic mass is 9.67. The summed E-state index contributed by atoms with van der Waals surface area (Å²) in [6.45, 7) is 0. The van der Waals surface area contributed by atoms with Crippen molar-refractivity contribution >= 4 is 0 Å². The van der Waals surface area contributed by atoms with Crippen LogP contribution in [0, 0.1) is 0 Å². The second-order valence-electron chi connectivity index (χ2n) is 13.8. The minimum absolute atomic E-state index is 0.535. The van der Waals surface area contributed by atoms with Crippen molar-refractivity contribution < 1.29 is 0 Å². The fraction of sp³-hybridized carbons (Fsp3) is 0.0196. The maximum atomic E-state index is 5.16. The summed E-state index contributed by atoms with van der Waals surface area (Å²) in [5, 5.41) is 0. The van der Waals surface area contributed by atoms with Crippen molar-refractivity contribution in [1.29, 1.82) is 0 Å². The summed E-state index contributed by atoms with van der Waals surface area (Å²) < 4.78 is 0. The largest absolute Gasteiger partial charge is 0.264 e. The average Bonchev–Trinajstić information content (AvgIpc) is 3.58. The molecule has 55 heavy (non-hydrogen) atoms. The highest BCUT2D eigenvalue weighted by Gasteiger charge is 2.47. The minimum Gasteiger partial charge on any atom is -0.264 e. The van der Waals surface area contributed by atoms with E-state index in [1.807, 2.05) is 79.1 Å². The molecule has 4 nitrogen and oxygen atoms in total. The zero-order valence-electron chi connectivity index (χ0n) is 29.9. The summed E-state index contributed by atoms with van der Waals surface area (Å²) >= 11 is 0. The van der Waals surface area contributed by atoms with Gasteiger partial charge < -0.3 is 0 Å². The Kier molecular flexibility index (Phi) is 8.00. The standard InChI is InChI=1S/C51H34N4/c1-5-18-35(19-6-1)48-53-49(36-20-7-2-8-21-36)55-50(54-48)42-28-14-13-27-40(42)41-31-32-45-47(46(41)37-22-17-33-52-34-37)43-29-15-16-30-44(43)51(45,38-23-9-3-10-24-38)39-25-11-4-12-26-39/h1-34H. The molecule has 2 heterocycles. The molecule has 4 heteroatoms. The molecule has 0 radical (unpaired) electrons. The molecule has 0 spiro atoms. The molecule has 0 saturated carbocycles. The Bertz CT molecular complexity index is 2690. The molecule has 0 aliphatic heterocycles. The van der Waals surface area contributed by atoms with Crippen LogP contribution >= 0.6 is 0 Å². The van der Waals surface area contributed by atoms with Gasteiger partial charge in [0.2, 0.25) is 0 Å². The minimum atomic E-state index is -0.535. The van der Waals surface area contributed by atoms with E-state index in [4.69, 9.17) is 15.0 Å². The maximum absolute atomic E-state index is 5.16. The van der Waals surface area contributed by atoms with Crippen LogP contribution in [-0.4, -0.2) is 19.9 Å². The van der Waals surface area contributed by atoms with Gasteiger partial charge in [0.05, 0.1) is 5.41 Å². The van der Waals surface area contributed by atoms with Crippen molar-refractivity contribution in [3.8, 4) is 67.5 Å². The van der Waals surface area contributed by atoms with Crippen molar-refractivity contribution in [1.82, 2.24) is 19.9 Å². The molecule has 0 saturated heterocycles. The van der Waals surface area contributed by atoms with Crippen molar-refractivity contribution in [2.75, 3.05) is 0 Å². The Balaban J connectivity index is 1.28. The van der Waals surface area contributed by atoms with Gasteiger partial charge >= 0.3 is 0 Å². The molecular formula is C51H34N4. The lowest BCUT2D eigenvalue weighted by Crippen LogP contribution is -2.28. The van der Waals surface area contributed by atoms with Crippen molar-refractivity contribution in [3.63, 3.8) is 0 Å². The van der Waals surface area contributed by atoms with Gasteiger partial charge in [-0.25, -0.2) is 15.0 Å². The van der Waals surface area contributed by atoms with Crippen LogP contribution in [0.5, 0.6) is 0 Å². The predicted octanol–water partition coefficient (Wildman–Crippen LogP) is 12.0. The summed E-state index contributed by atoms with van der Waals surface area (Å²) in [7, 11) is 0. The Morgan fingerprint density at radius 2 is 0.800 bits per heavy atom. The van der Waals surface area contributed by atoms with Gasteiger partial charge in [0.25, 0.3) is 0 Å². The van der Waals surface area contributed by atoms with Crippen LogP contribution in [0.3, 0.4) is 0 Å². The normalized spacial score (nSPS) is 12.5. The average molecular weight is 703 g/mol. The van der Waals surface area contributed by atoms with Crippen molar-refractivity contribution in [3.05, 3.63) is 229 Å². The van der Waals surface area contributed by atoms with E-state index in [9.17, 15) is 0 Å². The Morgan fingerprint density at radius 3 is 1.38 bits per heavy atom. The number of pyridine rings is 1. The van der Waals surface area contributed by atoms with E-state index in [2.05, 4.69) is 132 Å². The first kappa shape index (κ1) is 32.4. The van der Waals surface area contributed by atoms with E-state index in [1.54, 1.807) is 0 Å². The molecule has 9 aromatic rings. The van der Waals surface area contributed by atoms with Gasteiger partial charge in [-0.15, -0.1) is 0 Å². The van der Waals surface area contributed by atoms with Crippen LogP contribution in [-0.2, 0) is 5.41 Å². The summed E-state index contributed by atoms with van der Waals surface area (Å²) in [5.41, 5.74) is 13.9. The molecular weight excluding hydrogens is 669 g/mol. The molecule has 10 rings (SSSR count). The molecule has 0 N–H and O–H groups in total. The highest BCUT2D eigenvalue weighted by atomic mass is 15.0. The van der Waals surface area contributed by atoms with Crippen LogP contribution in [0.15, 0.2) is 207 Å². The third kappa shape index (κ3) is 5.38. The monoisotopic (exact) mass is 702 g/mol. The van der Waals surface area contributed by atoms with Crippen LogP contribution in [0.2, 0.25) is 0 Å². The number of hydrogen-bond donors (Lipinski definition) is 0. The van der Waals surface area contributed by atoms with Gasteiger partial charge in [-0.2, -0.15) is 0 Å². The van der Waals surface area contributed by atoms with E-state index in [0.717, 1.165) is 38.9 Å². The Labute approximate surface area is 320 Å². The van der Waals surface area contributed by atoms with Gasteiger partial charge in [0.1, 0.15) is 0 Å². The highest BCUT2D eigenvalue weighted by molar-refractivity contribution is 6.03. The summed E-state index contributed by atoms with van der Waals surface area (Å²) in [4.78, 5) is 20.0. The number of benzene rings is 7. The van der Waals surface area contributed by atoms with Crippen LogP contribution < -0.4 is 0 Å². The fourth-order valence-electron chi connectivity index (χ4n) is 8.41. The summed E-state index contributed by atoms with van der Waals surface area (Å²) in [6.07, 6.45) is 3.83. The van der Waals surface area contributed by atoms with Gasteiger partial charge in [-0.3, -0.25) is 4.98 Å². The topological polar surface area (TPSA) is 51.6 Å². The molecule has 0 unspecified atom stereocenters. The van der Waals surface area contributed by atoms with Gasteiger partial charge in [-0.1, -0.05) is 188 Å². The summed E-state index contributed by atoms with van der Waals surface area (Å²) in [5.74, 6) is 1.87. The lowest BCUT2D eigenvalue weighted by molar-refractivity contribution is 0.768. The Morgan fingerprint density at radius 1 is 0.309 bits per heavy atom. The molecule has 0 bridgehead atoms. The molecule has 0 fully saturated rings. The van der Waals surface area contributed by atoms with E-state index >= 15 is 0 Å². The third-order valence-electron chi connectivity index (χ3n) is 10.7. The number of rotatable bonds is 7. The number of fused-ring (bicyclic) bond motifs is 3. The molecule has 1 aliphatic rings. The molecule has 2 aromatic heterocycles. The summed E-state index contributed by atoms with van der Waals surface area (Å²) in [6, 6.07) is 68.3. The predicted molar refractivity (Wildman–Crippen MR) is 222 cm³/mol. The molecule has 7 aromatic carbocycles. The van der Waals surface area contributed by atoms with E-state index < -0.39 is 5.41 Å². The quantitative estimate of drug-likeness (QED) is 0.166. The number of aromatic nitrogens is 4. The van der Waals surface area contributed by atoms with E-state index in [0.29, 0.717) is 17.5 Å². The first-order valence-corrected chi connectivity index (χ1v) is 18.6. The van der Waals surface area contributed by atoms with E-state index in [1.165, 1.54) is 33.4 Å². The molecule has 258 valence electrons. The van der Waals surface area contributed by atoms with E-state index in [-0.39, 0.29) is 0 Å². The highest BCUT2D eigenvalue weighted by Crippen LogP contribution is 2.59. The van der Waals surface area contributed by atoms with Gasteiger partial charge in [0, 0.05) is 34.6 Å². The maximum Gasteiger partial charge on any atom is 0.164 e. The zero-order valence-corrected chi connectivity index (χ0v) is 29.9. The smallest absolute Gasteiger partial charge is 0.164 e. The van der Waals surface area contributed by atoms with Gasteiger partial charge in [-0.05, 0) is 56.1 Å². The van der Waals surface area contributed by atoms with Gasteiger partial charge in [0.15, 0.2) is 17.5 Å². The Hall–Kier alpha value is -7.30. The SMILES string of the molecule is c1ccc(-c2nc(-c3ccccc3)nc(-c3ccccc3-c3ccc4c(c3-c3cccnc3)-c3ccccc3C4(c3ccccc3)c3ccccc3)n2)cc1. The lowest BCUT2D eigenvalue weighted by Gasteiger charge is -2.34. The zero-order chi connectivity index (χ0) is 36.6. The van der Waals surface area contributed by atoms with Crippen LogP contribution in [0.1, 0.15) is 22.3 Å². The number of hydrogen-bond acceptors (Lipinski definition) is 4. The third-order valence-corrected chi connectivity index (χ3v) is 10.7. The molecule has 1 aliphatic carbocycles. The second kappa shape index (κ2) is 13.6. The van der Waals surface area contributed by atoms with Crippen LogP contribution in [0.4, 0.5) is 0 Å².